The molecule has 0 saturated carbocycles. The molecule has 2 aromatic carbocycles. The van der Waals surface area contributed by atoms with Gasteiger partial charge in [-0.3, -0.25) is 9.59 Å². The van der Waals surface area contributed by atoms with E-state index in [-0.39, 0.29) is 23.4 Å². The Morgan fingerprint density at radius 1 is 0.783 bits per heavy atom. The fourth-order valence-electron chi connectivity index (χ4n) is 3.95. The number of fused-ring (bicyclic) bond motifs is 6. The summed E-state index contributed by atoms with van der Waals surface area (Å²) in [5, 5.41) is 0. The maximum atomic E-state index is 13.0. The van der Waals surface area contributed by atoms with Crippen molar-refractivity contribution in [2.45, 2.75) is 32.1 Å². The van der Waals surface area contributed by atoms with Crippen molar-refractivity contribution in [2.75, 3.05) is 11.5 Å². The predicted octanol–water partition coefficient (Wildman–Crippen LogP) is 3.12. The molecule has 0 heterocycles. The Labute approximate surface area is 134 Å². The van der Waals surface area contributed by atoms with Crippen LogP contribution < -0.4 is 11.5 Å². The fraction of sp³-hybridized carbons (Fsp3) is 0.263. The molecule has 4 rings (SSSR count). The van der Waals surface area contributed by atoms with E-state index in [1.54, 1.807) is 0 Å². The van der Waals surface area contributed by atoms with Crippen LogP contribution in [0.4, 0.5) is 11.4 Å². The van der Waals surface area contributed by atoms with Crippen LogP contribution in [0.5, 0.6) is 0 Å². The first-order chi connectivity index (χ1) is 10.9. The van der Waals surface area contributed by atoms with Gasteiger partial charge in [-0.25, -0.2) is 0 Å². The highest BCUT2D eigenvalue weighted by Crippen LogP contribution is 2.49. The lowest BCUT2D eigenvalue weighted by molar-refractivity contribution is 0.0876. The van der Waals surface area contributed by atoms with E-state index in [0.29, 0.717) is 28.9 Å². The van der Waals surface area contributed by atoms with Crippen LogP contribution in [0.15, 0.2) is 24.3 Å². The molecule has 116 valence electrons. The van der Waals surface area contributed by atoms with Gasteiger partial charge in [0.25, 0.3) is 0 Å². The third-order valence-corrected chi connectivity index (χ3v) is 5.34. The third kappa shape index (κ3) is 1.66. The molecule has 2 aliphatic rings. The Hall–Kier alpha value is -2.62. The summed E-state index contributed by atoms with van der Waals surface area (Å²) in [6.45, 7) is 3.76. The number of nitrogens with two attached hydrogens (primary N) is 2. The maximum absolute atomic E-state index is 13.0. The first-order valence-corrected chi connectivity index (χ1v) is 7.78. The van der Waals surface area contributed by atoms with Gasteiger partial charge in [0.1, 0.15) is 0 Å². The van der Waals surface area contributed by atoms with Crippen LogP contribution in [0.1, 0.15) is 61.2 Å². The van der Waals surface area contributed by atoms with E-state index in [0.717, 1.165) is 22.3 Å². The number of rotatable bonds is 0. The minimum Gasteiger partial charge on any atom is -0.398 e. The number of Topliss-reactive ketones (excluding diaryl/α,β-unsaturated/α-hetero) is 2. The molecular formula is C19H18N2O2. The van der Waals surface area contributed by atoms with Gasteiger partial charge >= 0.3 is 0 Å². The molecule has 23 heavy (non-hydrogen) atoms. The van der Waals surface area contributed by atoms with Crippen LogP contribution in [-0.4, -0.2) is 11.6 Å². The van der Waals surface area contributed by atoms with E-state index in [1.807, 2.05) is 38.1 Å². The number of carbonyl (C=O) groups is 2. The number of aryl methyl sites for hydroxylation is 2. The first kappa shape index (κ1) is 14.0. The number of carbonyl (C=O) groups excluding carboxylic acids is 2. The van der Waals surface area contributed by atoms with Crippen molar-refractivity contribution in [3.63, 3.8) is 0 Å². The molecule has 0 fully saturated rings. The molecule has 0 radical (unpaired) electrons. The van der Waals surface area contributed by atoms with Gasteiger partial charge in [-0.05, 0) is 42.5 Å². The lowest BCUT2D eigenvalue weighted by atomic mass is 9.64. The van der Waals surface area contributed by atoms with Crippen molar-refractivity contribution < 1.29 is 9.59 Å². The van der Waals surface area contributed by atoms with E-state index < -0.39 is 0 Å². The zero-order chi connectivity index (χ0) is 16.5. The molecule has 0 aliphatic heterocycles. The van der Waals surface area contributed by atoms with E-state index in [1.165, 1.54) is 0 Å². The van der Waals surface area contributed by atoms with E-state index in [2.05, 4.69) is 0 Å². The van der Waals surface area contributed by atoms with Crippen molar-refractivity contribution in [3.05, 3.63) is 57.6 Å². The fourth-order valence-corrected chi connectivity index (χ4v) is 3.95. The number of hydrogen-bond acceptors (Lipinski definition) is 4. The molecule has 2 aliphatic carbocycles. The highest BCUT2D eigenvalue weighted by molar-refractivity contribution is 6.17. The lowest BCUT2D eigenvalue weighted by Gasteiger charge is -2.37. The van der Waals surface area contributed by atoms with Gasteiger partial charge in [0.2, 0.25) is 0 Å². The van der Waals surface area contributed by atoms with Gasteiger partial charge in [-0.1, -0.05) is 24.3 Å². The average Bonchev–Trinajstić information content (AvgIpc) is 2.53. The lowest BCUT2D eigenvalue weighted by Crippen LogP contribution is -2.35. The van der Waals surface area contributed by atoms with Crippen LogP contribution >= 0.6 is 0 Å². The standard InChI is InChI=1S/C19H18N2O2/c1-8-3-5-10-12-7-13(18(22)14(10)16(8)20)11-6-4-9(2)17(21)15(11)19(12)23/h3-6,12-13H,7,20-21H2,1-2H3. The minimum atomic E-state index is -0.327. The summed E-state index contributed by atoms with van der Waals surface area (Å²) in [7, 11) is 0. The smallest absolute Gasteiger partial charge is 0.172 e. The molecule has 4 N–H and O–H groups in total. The zero-order valence-electron chi connectivity index (χ0n) is 13.1. The van der Waals surface area contributed by atoms with Crippen LogP contribution in [0.3, 0.4) is 0 Å². The molecule has 4 heteroatoms. The number of nitrogen functional groups attached to an aromatic ring is 2. The first-order valence-electron chi connectivity index (χ1n) is 7.78. The van der Waals surface area contributed by atoms with Crippen molar-refractivity contribution in [1.82, 2.24) is 0 Å². The molecule has 2 unspecified atom stereocenters. The van der Waals surface area contributed by atoms with Gasteiger partial charge < -0.3 is 11.5 Å². The SMILES string of the molecule is Cc1ccc2c(c1N)C(=O)C1CC2C(=O)c2c1ccc(C)c2N. The van der Waals surface area contributed by atoms with Gasteiger partial charge in [-0.2, -0.15) is 0 Å². The van der Waals surface area contributed by atoms with Gasteiger partial charge in [-0.15, -0.1) is 0 Å². The van der Waals surface area contributed by atoms with Crippen molar-refractivity contribution in [3.8, 4) is 0 Å². The molecule has 2 bridgehead atoms. The number of anilines is 2. The van der Waals surface area contributed by atoms with Crippen LogP contribution in [-0.2, 0) is 0 Å². The number of benzene rings is 2. The molecule has 4 nitrogen and oxygen atoms in total. The normalized spacial score (nSPS) is 21.8. The molecule has 0 spiro atoms. The van der Waals surface area contributed by atoms with Gasteiger partial charge in [0, 0.05) is 34.3 Å². The number of ketones is 2. The Morgan fingerprint density at radius 3 is 1.57 bits per heavy atom. The van der Waals surface area contributed by atoms with Crippen LogP contribution in [0.25, 0.3) is 0 Å². The second-order valence-electron chi connectivity index (χ2n) is 6.59. The summed E-state index contributed by atoms with van der Waals surface area (Å²) in [5.74, 6) is -0.636. The second-order valence-corrected chi connectivity index (χ2v) is 6.59. The van der Waals surface area contributed by atoms with Crippen LogP contribution in [0, 0.1) is 13.8 Å². The van der Waals surface area contributed by atoms with Crippen molar-refractivity contribution in [1.29, 1.82) is 0 Å². The summed E-state index contributed by atoms with van der Waals surface area (Å²) >= 11 is 0. The Morgan fingerprint density at radius 2 is 1.17 bits per heavy atom. The molecule has 2 atom stereocenters. The summed E-state index contributed by atoms with van der Waals surface area (Å²) < 4.78 is 0. The van der Waals surface area contributed by atoms with Gasteiger partial charge in [0.15, 0.2) is 11.6 Å². The van der Waals surface area contributed by atoms with Crippen molar-refractivity contribution >= 4 is 22.9 Å². The molecule has 2 aromatic rings. The third-order valence-electron chi connectivity index (χ3n) is 5.34. The summed E-state index contributed by atoms with van der Waals surface area (Å²) in [5.41, 5.74) is 17.6. The van der Waals surface area contributed by atoms with Crippen molar-refractivity contribution in [2.24, 2.45) is 0 Å². The maximum Gasteiger partial charge on any atom is 0.172 e. The van der Waals surface area contributed by atoms with E-state index in [9.17, 15) is 9.59 Å². The average molecular weight is 306 g/mol. The monoisotopic (exact) mass is 306 g/mol. The largest absolute Gasteiger partial charge is 0.398 e. The molecule has 0 aromatic heterocycles. The van der Waals surface area contributed by atoms with Gasteiger partial charge in [0.05, 0.1) is 0 Å². The summed E-state index contributed by atoms with van der Waals surface area (Å²) in [6.07, 6.45) is 0.517. The molecule has 0 saturated heterocycles. The second kappa shape index (κ2) is 4.44. The molecule has 0 amide bonds. The Bertz CT molecular complexity index is 825. The predicted molar refractivity (Wildman–Crippen MR) is 89.9 cm³/mol. The summed E-state index contributed by atoms with van der Waals surface area (Å²) in [4.78, 5) is 26.1. The number of hydrogen-bond donors (Lipinski definition) is 2. The Kier molecular flexibility index (Phi) is 2.71. The highest BCUT2D eigenvalue weighted by Gasteiger charge is 2.45. The highest BCUT2D eigenvalue weighted by atomic mass is 16.1. The van der Waals surface area contributed by atoms with E-state index in [4.69, 9.17) is 11.5 Å². The summed E-state index contributed by atoms with van der Waals surface area (Å²) in [6, 6.07) is 7.50. The minimum absolute atomic E-state index is 0.00875. The van der Waals surface area contributed by atoms with Crippen LogP contribution in [0.2, 0.25) is 0 Å². The van der Waals surface area contributed by atoms with E-state index >= 15 is 0 Å². The Balaban J connectivity index is 2.03. The topological polar surface area (TPSA) is 86.2 Å². The zero-order valence-corrected chi connectivity index (χ0v) is 13.1. The quantitative estimate of drug-likeness (QED) is 0.732. The molecular weight excluding hydrogens is 288 g/mol.